The third kappa shape index (κ3) is 3.47. The van der Waals surface area contributed by atoms with Gasteiger partial charge < -0.3 is 14.7 Å². The molecule has 0 unspecified atom stereocenters. The Labute approximate surface area is 107 Å². The molecule has 1 amide bonds. The molecule has 4 heteroatoms. The number of rotatable bonds is 6. The molecule has 1 N–H and O–H groups in total. The van der Waals surface area contributed by atoms with Gasteiger partial charge in [0.15, 0.2) is 6.61 Å². The Hall–Kier alpha value is -1.55. The van der Waals surface area contributed by atoms with Crippen LogP contribution in [0.4, 0.5) is 0 Å². The minimum absolute atomic E-state index is 0.00663. The molecule has 0 radical (unpaired) electrons. The SMILES string of the molecule is Cc1cccc(OCC(=O)N(CCO)C2CC2)c1. The molecule has 0 saturated heterocycles. The van der Waals surface area contributed by atoms with Gasteiger partial charge in [-0.15, -0.1) is 0 Å². The third-order valence-electron chi connectivity index (χ3n) is 3.00. The molecule has 1 saturated carbocycles. The van der Waals surface area contributed by atoms with E-state index in [9.17, 15) is 4.79 Å². The van der Waals surface area contributed by atoms with Gasteiger partial charge in [-0.25, -0.2) is 0 Å². The number of aryl methyl sites for hydroxylation is 1. The van der Waals surface area contributed by atoms with Gasteiger partial charge >= 0.3 is 0 Å². The molecule has 0 aromatic heterocycles. The van der Waals surface area contributed by atoms with E-state index in [1.54, 1.807) is 4.90 Å². The zero-order valence-electron chi connectivity index (χ0n) is 10.6. The number of aliphatic hydroxyl groups is 1. The Bertz CT molecular complexity index is 415. The fraction of sp³-hybridized carbons (Fsp3) is 0.500. The number of hydrogen-bond acceptors (Lipinski definition) is 3. The molecule has 2 rings (SSSR count). The molecular weight excluding hydrogens is 230 g/mol. The van der Waals surface area contributed by atoms with Crippen LogP contribution in [0, 0.1) is 6.92 Å². The van der Waals surface area contributed by atoms with Gasteiger partial charge in [0.25, 0.3) is 5.91 Å². The van der Waals surface area contributed by atoms with Crippen LogP contribution in [0.15, 0.2) is 24.3 Å². The zero-order chi connectivity index (χ0) is 13.0. The highest BCUT2D eigenvalue weighted by Gasteiger charge is 2.32. The van der Waals surface area contributed by atoms with E-state index in [1.165, 1.54) is 0 Å². The Morgan fingerprint density at radius 2 is 2.28 bits per heavy atom. The van der Waals surface area contributed by atoms with Crippen LogP contribution < -0.4 is 4.74 Å². The summed E-state index contributed by atoms with van der Waals surface area (Å²) in [5.41, 5.74) is 1.11. The van der Waals surface area contributed by atoms with E-state index in [0.29, 0.717) is 18.3 Å². The highest BCUT2D eigenvalue weighted by atomic mass is 16.5. The highest BCUT2D eigenvalue weighted by molar-refractivity contribution is 5.78. The van der Waals surface area contributed by atoms with E-state index in [1.807, 2.05) is 31.2 Å². The number of aliphatic hydroxyl groups excluding tert-OH is 1. The molecule has 1 aromatic carbocycles. The normalized spacial score (nSPS) is 14.3. The van der Waals surface area contributed by atoms with Crippen LogP contribution in [0.5, 0.6) is 5.75 Å². The smallest absolute Gasteiger partial charge is 0.260 e. The quantitative estimate of drug-likeness (QED) is 0.828. The Kier molecular flexibility index (Phi) is 4.20. The van der Waals surface area contributed by atoms with Crippen molar-refractivity contribution in [1.29, 1.82) is 0 Å². The first-order chi connectivity index (χ1) is 8.70. The van der Waals surface area contributed by atoms with Gasteiger partial charge in [0.1, 0.15) is 5.75 Å². The number of hydrogen-bond donors (Lipinski definition) is 1. The second-order valence-electron chi connectivity index (χ2n) is 4.65. The van der Waals surface area contributed by atoms with E-state index in [-0.39, 0.29) is 19.1 Å². The first-order valence-corrected chi connectivity index (χ1v) is 6.30. The Balaban J connectivity index is 1.86. The van der Waals surface area contributed by atoms with Crippen molar-refractivity contribution in [3.8, 4) is 5.75 Å². The summed E-state index contributed by atoms with van der Waals surface area (Å²) in [5.74, 6) is 0.663. The van der Waals surface area contributed by atoms with Crippen molar-refractivity contribution < 1.29 is 14.6 Å². The molecule has 1 fully saturated rings. The first kappa shape index (κ1) is 12.9. The highest BCUT2D eigenvalue weighted by Crippen LogP contribution is 2.26. The molecule has 98 valence electrons. The van der Waals surface area contributed by atoms with Crippen LogP contribution in [-0.4, -0.2) is 41.7 Å². The molecule has 1 aliphatic carbocycles. The minimum Gasteiger partial charge on any atom is -0.484 e. The summed E-state index contributed by atoms with van der Waals surface area (Å²) in [4.78, 5) is 13.7. The average Bonchev–Trinajstić information content (AvgIpc) is 3.17. The second kappa shape index (κ2) is 5.87. The second-order valence-corrected chi connectivity index (χ2v) is 4.65. The van der Waals surface area contributed by atoms with Gasteiger partial charge in [-0.3, -0.25) is 4.79 Å². The maximum absolute atomic E-state index is 12.0. The van der Waals surface area contributed by atoms with Crippen LogP contribution in [0.3, 0.4) is 0 Å². The van der Waals surface area contributed by atoms with E-state index in [4.69, 9.17) is 9.84 Å². The standard InChI is InChI=1S/C14H19NO3/c1-11-3-2-4-13(9-11)18-10-14(17)15(7-8-16)12-5-6-12/h2-4,9,12,16H,5-8,10H2,1H3. The molecule has 1 aliphatic rings. The molecule has 0 atom stereocenters. The molecule has 0 heterocycles. The van der Waals surface area contributed by atoms with Gasteiger partial charge in [-0.1, -0.05) is 12.1 Å². The van der Waals surface area contributed by atoms with Crippen molar-refractivity contribution in [2.24, 2.45) is 0 Å². The monoisotopic (exact) mass is 249 g/mol. The Morgan fingerprint density at radius 3 is 2.89 bits per heavy atom. The van der Waals surface area contributed by atoms with Crippen LogP contribution in [0.2, 0.25) is 0 Å². The van der Waals surface area contributed by atoms with Crippen molar-refractivity contribution >= 4 is 5.91 Å². The summed E-state index contributed by atoms with van der Waals surface area (Å²) >= 11 is 0. The molecular formula is C14H19NO3. The largest absolute Gasteiger partial charge is 0.484 e. The minimum atomic E-state index is -0.0481. The molecule has 1 aromatic rings. The maximum Gasteiger partial charge on any atom is 0.260 e. The third-order valence-corrected chi connectivity index (χ3v) is 3.00. The summed E-state index contributed by atoms with van der Waals surface area (Å²) in [6, 6.07) is 7.94. The van der Waals surface area contributed by atoms with Crippen LogP contribution in [0.25, 0.3) is 0 Å². The topological polar surface area (TPSA) is 49.8 Å². The predicted octanol–water partition coefficient (Wildman–Crippen LogP) is 1.36. The molecule has 0 bridgehead atoms. The Morgan fingerprint density at radius 1 is 1.50 bits per heavy atom. The first-order valence-electron chi connectivity index (χ1n) is 6.30. The lowest BCUT2D eigenvalue weighted by atomic mass is 10.2. The summed E-state index contributed by atoms with van der Waals surface area (Å²) in [5, 5.41) is 8.95. The van der Waals surface area contributed by atoms with Crippen molar-refractivity contribution in [2.45, 2.75) is 25.8 Å². The average molecular weight is 249 g/mol. The van der Waals surface area contributed by atoms with Gasteiger partial charge in [0.2, 0.25) is 0 Å². The number of nitrogens with zero attached hydrogens (tertiary/aromatic N) is 1. The number of amides is 1. The van der Waals surface area contributed by atoms with E-state index in [0.717, 1.165) is 18.4 Å². The van der Waals surface area contributed by atoms with E-state index >= 15 is 0 Å². The van der Waals surface area contributed by atoms with E-state index < -0.39 is 0 Å². The number of carbonyl (C=O) groups excluding carboxylic acids is 1. The van der Waals surface area contributed by atoms with Gasteiger partial charge in [0.05, 0.1) is 6.61 Å². The lowest BCUT2D eigenvalue weighted by Gasteiger charge is -2.21. The van der Waals surface area contributed by atoms with Crippen molar-refractivity contribution in [1.82, 2.24) is 4.90 Å². The van der Waals surface area contributed by atoms with Crippen LogP contribution in [-0.2, 0) is 4.79 Å². The summed E-state index contributed by atoms with van der Waals surface area (Å²) in [6.45, 7) is 2.43. The van der Waals surface area contributed by atoms with Gasteiger partial charge in [0, 0.05) is 12.6 Å². The van der Waals surface area contributed by atoms with Crippen LogP contribution >= 0.6 is 0 Å². The van der Waals surface area contributed by atoms with Crippen LogP contribution in [0.1, 0.15) is 18.4 Å². The number of ether oxygens (including phenoxy) is 1. The zero-order valence-corrected chi connectivity index (χ0v) is 10.6. The fourth-order valence-electron chi connectivity index (χ4n) is 1.94. The molecule has 0 spiro atoms. The lowest BCUT2D eigenvalue weighted by molar-refractivity contribution is -0.134. The number of benzene rings is 1. The van der Waals surface area contributed by atoms with Crippen molar-refractivity contribution in [2.75, 3.05) is 19.8 Å². The molecule has 0 aliphatic heterocycles. The van der Waals surface area contributed by atoms with Crippen molar-refractivity contribution in [3.63, 3.8) is 0 Å². The summed E-state index contributed by atoms with van der Waals surface area (Å²) in [7, 11) is 0. The van der Waals surface area contributed by atoms with Crippen molar-refractivity contribution in [3.05, 3.63) is 29.8 Å². The fourth-order valence-corrected chi connectivity index (χ4v) is 1.94. The summed E-state index contributed by atoms with van der Waals surface area (Å²) in [6.07, 6.45) is 2.08. The summed E-state index contributed by atoms with van der Waals surface area (Å²) < 4.78 is 5.48. The predicted molar refractivity (Wildman–Crippen MR) is 68.5 cm³/mol. The molecule has 4 nitrogen and oxygen atoms in total. The van der Waals surface area contributed by atoms with Gasteiger partial charge in [-0.2, -0.15) is 0 Å². The number of carbonyl (C=O) groups is 1. The van der Waals surface area contributed by atoms with Gasteiger partial charge in [-0.05, 0) is 37.5 Å². The maximum atomic E-state index is 12.0. The van der Waals surface area contributed by atoms with E-state index in [2.05, 4.69) is 0 Å². The lowest BCUT2D eigenvalue weighted by Crippen LogP contribution is -2.38. The molecule has 18 heavy (non-hydrogen) atoms.